The van der Waals surface area contributed by atoms with Gasteiger partial charge in [-0.3, -0.25) is 14.5 Å². The first kappa shape index (κ1) is 25.1. The highest BCUT2D eigenvalue weighted by Crippen LogP contribution is 2.44. The van der Waals surface area contributed by atoms with E-state index in [2.05, 4.69) is 6.07 Å². The summed E-state index contributed by atoms with van der Waals surface area (Å²) in [5, 5.41) is 20.8. The van der Waals surface area contributed by atoms with Crippen molar-refractivity contribution in [1.82, 2.24) is 0 Å². The number of anilines is 1. The van der Waals surface area contributed by atoms with E-state index >= 15 is 0 Å². The molecular formula is C31H28N2O5. The third-order valence-electron chi connectivity index (χ3n) is 7.14. The Hall–Kier alpha value is -4.57. The second-order valence-corrected chi connectivity index (χ2v) is 9.36. The van der Waals surface area contributed by atoms with Gasteiger partial charge in [-0.1, -0.05) is 18.2 Å². The summed E-state index contributed by atoms with van der Waals surface area (Å²) >= 11 is 0. The smallest absolute Gasteiger partial charge is 0.300 e. The number of rotatable bonds is 6. The van der Waals surface area contributed by atoms with Gasteiger partial charge in [-0.2, -0.15) is 5.26 Å². The third kappa shape index (κ3) is 4.39. The van der Waals surface area contributed by atoms with Gasteiger partial charge < -0.3 is 14.6 Å². The molecule has 0 bridgehead atoms. The van der Waals surface area contributed by atoms with Crippen molar-refractivity contribution < 1.29 is 24.2 Å². The van der Waals surface area contributed by atoms with Crippen LogP contribution in [0.1, 0.15) is 53.6 Å². The first-order valence-corrected chi connectivity index (χ1v) is 12.7. The van der Waals surface area contributed by atoms with Gasteiger partial charge in [0, 0.05) is 11.3 Å². The lowest BCUT2D eigenvalue weighted by Gasteiger charge is -2.26. The highest BCUT2D eigenvalue weighted by atomic mass is 16.5. The molecule has 1 N–H and O–H groups in total. The van der Waals surface area contributed by atoms with E-state index in [0.717, 1.165) is 31.2 Å². The molecule has 1 unspecified atom stereocenters. The van der Waals surface area contributed by atoms with Gasteiger partial charge in [0.05, 0.1) is 37.0 Å². The summed E-state index contributed by atoms with van der Waals surface area (Å²) in [5.74, 6) is -0.768. The number of ether oxygens (including phenoxy) is 2. The molecule has 7 nitrogen and oxygen atoms in total. The average molecular weight is 509 g/mol. The molecule has 1 heterocycles. The van der Waals surface area contributed by atoms with Crippen LogP contribution in [0.25, 0.3) is 5.76 Å². The SMILES string of the molecule is CCOc1cc(C2/C(=C(\O)c3ccc4c(c3)CCCC4)C(=O)C(=O)N2c2ccc(C#N)cc2)ccc1OC. The van der Waals surface area contributed by atoms with Gasteiger partial charge in [0.1, 0.15) is 5.76 Å². The van der Waals surface area contributed by atoms with E-state index in [-0.39, 0.29) is 11.3 Å². The summed E-state index contributed by atoms with van der Waals surface area (Å²) < 4.78 is 11.2. The molecule has 0 aromatic heterocycles. The molecule has 1 amide bonds. The van der Waals surface area contributed by atoms with E-state index in [1.807, 2.05) is 25.1 Å². The van der Waals surface area contributed by atoms with Gasteiger partial charge in [0.15, 0.2) is 11.5 Å². The number of methoxy groups -OCH3 is 1. The van der Waals surface area contributed by atoms with Gasteiger partial charge >= 0.3 is 0 Å². The molecule has 1 aliphatic carbocycles. The zero-order valence-corrected chi connectivity index (χ0v) is 21.4. The number of aryl methyl sites for hydroxylation is 2. The third-order valence-corrected chi connectivity index (χ3v) is 7.14. The summed E-state index contributed by atoms with van der Waals surface area (Å²) in [6, 6.07) is 18.5. The zero-order chi connectivity index (χ0) is 26.8. The molecule has 1 aliphatic heterocycles. The van der Waals surface area contributed by atoms with Crippen molar-refractivity contribution in [2.75, 3.05) is 18.6 Å². The van der Waals surface area contributed by atoms with Crippen LogP contribution in [-0.4, -0.2) is 30.5 Å². The molecule has 7 heteroatoms. The van der Waals surface area contributed by atoms with Crippen LogP contribution in [0, 0.1) is 11.3 Å². The first-order chi connectivity index (χ1) is 18.5. The fraction of sp³-hybridized carbons (Fsp3) is 0.258. The first-order valence-electron chi connectivity index (χ1n) is 12.7. The van der Waals surface area contributed by atoms with E-state index in [1.54, 1.807) is 42.5 Å². The minimum absolute atomic E-state index is 0.00253. The number of amides is 1. The van der Waals surface area contributed by atoms with Gasteiger partial charge in [0.2, 0.25) is 0 Å². The number of carbonyl (C=O) groups excluding carboxylic acids is 2. The molecule has 1 fully saturated rings. The Morgan fingerprint density at radius 3 is 2.42 bits per heavy atom. The Balaban J connectivity index is 1.70. The Labute approximate surface area is 221 Å². The van der Waals surface area contributed by atoms with Crippen LogP contribution < -0.4 is 14.4 Å². The van der Waals surface area contributed by atoms with E-state index < -0.39 is 17.7 Å². The second-order valence-electron chi connectivity index (χ2n) is 9.36. The predicted octanol–water partition coefficient (Wildman–Crippen LogP) is 5.47. The highest BCUT2D eigenvalue weighted by molar-refractivity contribution is 6.51. The number of ketones is 1. The minimum atomic E-state index is -0.913. The van der Waals surface area contributed by atoms with Crippen molar-refractivity contribution in [3.63, 3.8) is 0 Å². The van der Waals surface area contributed by atoms with Crippen LogP contribution in [0.5, 0.6) is 11.5 Å². The van der Waals surface area contributed by atoms with E-state index in [4.69, 9.17) is 9.47 Å². The normalized spacial score (nSPS) is 18.1. The van der Waals surface area contributed by atoms with E-state index in [9.17, 15) is 20.0 Å². The molecule has 3 aromatic carbocycles. The highest BCUT2D eigenvalue weighted by Gasteiger charge is 2.47. The number of benzene rings is 3. The number of nitriles is 1. The van der Waals surface area contributed by atoms with Gasteiger partial charge in [-0.25, -0.2) is 0 Å². The average Bonchev–Trinajstić information content (AvgIpc) is 3.22. The van der Waals surface area contributed by atoms with E-state index in [1.165, 1.54) is 17.6 Å². The maximum Gasteiger partial charge on any atom is 0.300 e. The number of carbonyl (C=O) groups is 2. The van der Waals surface area contributed by atoms with E-state index in [0.29, 0.717) is 40.5 Å². The summed E-state index contributed by atoms with van der Waals surface area (Å²) in [5.41, 5.74) is 4.36. The van der Waals surface area contributed by atoms with Crippen molar-refractivity contribution in [1.29, 1.82) is 5.26 Å². The second kappa shape index (κ2) is 10.4. The molecule has 5 rings (SSSR count). The quantitative estimate of drug-likeness (QED) is 0.269. The fourth-order valence-electron chi connectivity index (χ4n) is 5.28. The van der Waals surface area contributed by atoms with Gasteiger partial charge in [-0.05, 0) is 91.8 Å². The summed E-state index contributed by atoms with van der Waals surface area (Å²) in [6.45, 7) is 2.25. The number of aliphatic hydroxyl groups excluding tert-OH is 1. The zero-order valence-electron chi connectivity index (χ0n) is 21.4. The summed E-state index contributed by atoms with van der Waals surface area (Å²) in [4.78, 5) is 28.3. The lowest BCUT2D eigenvalue weighted by atomic mass is 9.88. The van der Waals surface area contributed by atoms with Crippen molar-refractivity contribution >= 4 is 23.1 Å². The fourth-order valence-corrected chi connectivity index (χ4v) is 5.28. The van der Waals surface area contributed by atoms with Crippen LogP contribution >= 0.6 is 0 Å². The largest absolute Gasteiger partial charge is 0.507 e. The molecule has 0 saturated carbocycles. The number of aliphatic hydroxyl groups is 1. The Morgan fingerprint density at radius 2 is 1.74 bits per heavy atom. The predicted molar refractivity (Wildman–Crippen MR) is 143 cm³/mol. The number of Topliss-reactive ketones (excluding diaryl/α,β-unsaturated/α-hetero) is 1. The topological polar surface area (TPSA) is 99.9 Å². The maximum atomic E-state index is 13.5. The molecule has 0 spiro atoms. The van der Waals surface area contributed by atoms with Gasteiger partial charge in [0.25, 0.3) is 11.7 Å². The number of fused-ring (bicyclic) bond motifs is 1. The molecule has 1 saturated heterocycles. The van der Waals surface area contributed by atoms with Crippen LogP contribution in [0.3, 0.4) is 0 Å². The van der Waals surface area contributed by atoms with Crippen molar-refractivity contribution in [3.8, 4) is 17.6 Å². The van der Waals surface area contributed by atoms with Crippen LogP contribution in [-0.2, 0) is 22.4 Å². The number of hydrogen-bond donors (Lipinski definition) is 1. The van der Waals surface area contributed by atoms with Crippen LogP contribution in [0.15, 0.2) is 66.2 Å². The number of hydrogen-bond acceptors (Lipinski definition) is 6. The van der Waals surface area contributed by atoms with Crippen molar-refractivity contribution in [3.05, 3.63) is 94.1 Å². The molecule has 0 radical (unpaired) electrons. The Kier molecular flexibility index (Phi) is 6.89. The molecule has 192 valence electrons. The molecule has 2 aliphatic rings. The monoisotopic (exact) mass is 508 g/mol. The molecular weight excluding hydrogens is 480 g/mol. The standard InChI is InChI=1S/C31H28N2O5/c1-3-38-26-17-22(12-15-25(26)37-2)28-27(29(34)23-11-10-20-6-4-5-7-21(20)16-23)30(35)31(36)33(28)24-13-8-19(18-32)9-14-24/h8-17,28,34H,3-7H2,1-2H3/b29-27+. The number of nitrogens with zero attached hydrogens (tertiary/aromatic N) is 2. The van der Waals surface area contributed by atoms with Crippen LogP contribution in [0.2, 0.25) is 0 Å². The van der Waals surface area contributed by atoms with Crippen molar-refractivity contribution in [2.45, 2.75) is 38.6 Å². The molecule has 1 atom stereocenters. The Bertz CT molecular complexity index is 1480. The lowest BCUT2D eigenvalue weighted by Crippen LogP contribution is -2.29. The maximum absolute atomic E-state index is 13.5. The van der Waals surface area contributed by atoms with Gasteiger partial charge in [-0.15, -0.1) is 0 Å². The molecule has 3 aromatic rings. The summed E-state index contributed by atoms with van der Waals surface area (Å²) in [7, 11) is 1.54. The molecule has 38 heavy (non-hydrogen) atoms. The lowest BCUT2D eigenvalue weighted by molar-refractivity contribution is -0.132. The Morgan fingerprint density at radius 1 is 1.00 bits per heavy atom. The van der Waals surface area contributed by atoms with Crippen molar-refractivity contribution in [2.24, 2.45) is 0 Å². The summed E-state index contributed by atoms with van der Waals surface area (Å²) in [6.07, 6.45) is 4.11. The van der Waals surface area contributed by atoms with Crippen LogP contribution in [0.4, 0.5) is 5.69 Å². The minimum Gasteiger partial charge on any atom is -0.507 e.